The number of carbonyl (C=O) groups excluding carboxylic acids is 2. The Morgan fingerprint density at radius 3 is 2.41 bits per heavy atom. The predicted molar refractivity (Wildman–Crippen MR) is 166 cm³/mol. The summed E-state index contributed by atoms with van der Waals surface area (Å²) in [5, 5.41) is 18.0. The fourth-order valence-electron chi connectivity index (χ4n) is 5.56. The van der Waals surface area contributed by atoms with Crippen LogP contribution in [0.25, 0.3) is 0 Å². The molecule has 2 amide bonds. The molecule has 2 aromatic rings. The van der Waals surface area contributed by atoms with Crippen molar-refractivity contribution in [2.24, 2.45) is 11.8 Å². The smallest absolute Gasteiger partial charge is 0.245 e. The average molecular weight is 631 g/mol. The Morgan fingerprint density at radius 1 is 1.00 bits per heavy atom. The van der Waals surface area contributed by atoms with Crippen LogP contribution >= 0.6 is 0 Å². The molecule has 12 heteroatoms. The highest BCUT2D eigenvalue weighted by molar-refractivity contribution is 7.89. The number of likely N-dealkylation sites (tertiary alicyclic amines) is 1. The number of rotatable bonds is 16. The highest BCUT2D eigenvalue weighted by Crippen LogP contribution is 2.37. The Balaban J connectivity index is 1.43. The van der Waals surface area contributed by atoms with E-state index >= 15 is 0 Å². The van der Waals surface area contributed by atoms with E-state index in [0.717, 1.165) is 35.8 Å². The van der Waals surface area contributed by atoms with Crippen LogP contribution in [-0.2, 0) is 26.0 Å². The molecule has 2 aromatic carbocycles. The molecule has 0 aromatic heterocycles. The van der Waals surface area contributed by atoms with Crippen molar-refractivity contribution < 1.29 is 32.6 Å². The summed E-state index contributed by atoms with van der Waals surface area (Å²) < 4.78 is 40.2. The Kier molecular flexibility index (Phi) is 11.6. The topological polar surface area (TPSA) is 138 Å². The summed E-state index contributed by atoms with van der Waals surface area (Å²) in [6.07, 6.45) is 2.41. The number of hydrogen-bond acceptors (Lipinski definition) is 8. The summed E-state index contributed by atoms with van der Waals surface area (Å²) in [6, 6.07) is 13.6. The maximum Gasteiger partial charge on any atom is 0.245 e. The Bertz CT molecular complexity index is 1370. The molecule has 2 aliphatic rings. The molecule has 242 valence electrons. The molecular formula is C32H46N4O7S. The van der Waals surface area contributed by atoms with Crippen LogP contribution in [0.3, 0.4) is 0 Å². The second-order valence-corrected chi connectivity index (χ2v) is 14.1. The molecule has 1 saturated heterocycles. The van der Waals surface area contributed by atoms with Crippen LogP contribution in [0, 0.1) is 11.8 Å². The van der Waals surface area contributed by atoms with E-state index in [1.54, 1.807) is 6.07 Å². The van der Waals surface area contributed by atoms with Crippen LogP contribution in [0.15, 0.2) is 53.4 Å². The molecule has 2 heterocycles. The van der Waals surface area contributed by atoms with Gasteiger partial charge < -0.3 is 25.2 Å². The number of fused-ring (bicyclic) bond motifs is 1. The van der Waals surface area contributed by atoms with E-state index in [1.807, 2.05) is 51.1 Å². The normalized spacial score (nSPS) is 17.0. The van der Waals surface area contributed by atoms with E-state index in [1.165, 1.54) is 12.1 Å². The first-order chi connectivity index (χ1) is 21.0. The number of sulfonamides is 1. The van der Waals surface area contributed by atoms with Crippen molar-refractivity contribution in [3.63, 3.8) is 0 Å². The van der Waals surface area contributed by atoms with Crippen molar-refractivity contribution in [1.82, 2.24) is 19.8 Å². The summed E-state index contributed by atoms with van der Waals surface area (Å²) >= 11 is 0. The van der Waals surface area contributed by atoms with Crippen LogP contribution < -0.4 is 20.1 Å². The van der Waals surface area contributed by atoms with Crippen LogP contribution in [0.4, 0.5) is 0 Å². The van der Waals surface area contributed by atoms with Gasteiger partial charge in [-0.25, -0.2) is 8.42 Å². The van der Waals surface area contributed by atoms with Gasteiger partial charge in [-0.2, -0.15) is 4.31 Å². The van der Waals surface area contributed by atoms with Gasteiger partial charge in [0.05, 0.1) is 11.4 Å². The lowest BCUT2D eigenvalue weighted by atomic mass is 9.98. The predicted octanol–water partition coefficient (Wildman–Crippen LogP) is 2.74. The van der Waals surface area contributed by atoms with Gasteiger partial charge in [-0.05, 0) is 55.5 Å². The molecule has 3 N–H and O–H groups in total. The molecule has 11 nitrogen and oxygen atoms in total. The second kappa shape index (κ2) is 15.2. The molecule has 0 saturated carbocycles. The molecule has 2 aliphatic heterocycles. The lowest BCUT2D eigenvalue weighted by Crippen LogP contribution is -2.55. The zero-order chi connectivity index (χ0) is 31.7. The average Bonchev–Trinajstić information content (AvgIpc) is 3.67. The Labute approximate surface area is 261 Å². The largest absolute Gasteiger partial charge is 0.454 e. The fraction of sp³-hybridized carbons (Fsp3) is 0.562. The highest BCUT2D eigenvalue weighted by Gasteiger charge is 2.43. The van der Waals surface area contributed by atoms with E-state index in [-0.39, 0.29) is 67.7 Å². The summed E-state index contributed by atoms with van der Waals surface area (Å²) in [5.74, 6) is 0.320. The SMILES string of the molecule is CC(C)CN(C(O)(CCNC(=O)CC(C)CNC(=O)CN1CCCC1)Cc1ccccc1)S(=O)(=O)c1ccc2c(c1)OCO2. The molecule has 44 heavy (non-hydrogen) atoms. The number of ether oxygens (including phenoxy) is 2. The van der Waals surface area contributed by atoms with Gasteiger partial charge in [-0.3, -0.25) is 14.5 Å². The zero-order valence-corrected chi connectivity index (χ0v) is 26.8. The standard InChI is InChI=1S/C32H46N4O7S/c1-24(2)21-36(44(40,41)27-11-12-28-29(18-27)43-23-42-28)32(39,19-26-9-5-4-6-10-26)13-14-33-30(37)17-25(3)20-34-31(38)22-35-15-7-8-16-35/h4-6,9-12,18,24-25,39H,7-8,13-17,19-23H2,1-3H3,(H,33,37)(H,34,38). The maximum atomic E-state index is 14.1. The number of benzene rings is 2. The van der Waals surface area contributed by atoms with Crippen molar-refractivity contribution in [2.75, 3.05) is 46.1 Å². The lowest BCUT2D eigenvalue weighted by molar-refractivity contribution is -0.124. The number of aliphatic hydroxyl groups is 1. The third kappa shape index (κ3) is 9.16. The van der Waals surface area contributed by atoms with Crippen LogP contribution in [0.2, 0.25) is 0 Å². The number of nitrogens with zero attached hydrogens (tertiary/aromatic N) is 2. The lowest BCUT2D eigenvalue weighted by Gasteiger charge is -2.40. The molecule has 0 spiro atoms. The third-order valence-corrected chi connectivity index (χ3v) is 9.77. The maximum absolute atomic E-state index is 14.1. The molecule has 2 atom stereocenters. The minimum Gasteiger partial charge on any atom is -0.454 e. The van der Waals surface area contributed by atoms with Gasteiger partial charge >= 0.3 is 0 Å². The van der Waals surface area contributed by atoms with Gasteiger partial charge in [-0.1, -0.05) is 51.1 Å². The summed E-state index contributed by atoms with van der Waals surface area (Å²) in [5.41, 5.74) is -1.09. The Hall–Kier alpha value is -3.19. The van der Waals surface area contributed by atoms with E-state index in [2.05, 4.69) is 15.5 Å². The first-order valence-electron chi connectivity index (χ1n) is 15.4. The van der Waals surface area contributed by atoms with Crippen LogP contribution in [0.5, 0.6) is 11.5 Å². The summed E-state index contributed by atoms with van der Waals surface area (Å²) in [4.78, 5) is 27.2. The number of amides is 2. The van der Waals surface area contributed by atoms with Crippen molar-refractivity contribution in [3.05, 3.63) is 54.1 Å². The van der Waals surface area contributed by atoms with Gasteiger partial charge in [0.2, 0.25) is 28.6 Å². The van der Waals surface area contributed by atoms with Crippen molar-refractivity contribution in [3.8, 4) is 11.5 Å². The Morgan fingerprint density at radius 2 is 1.70 bits per heavy atom. The molecular weight excluding hydrogens is 584 g/mol. The number of nitrogens with one attached hydrogen (secondary N) is 2. The van der Waals surface area contributed by atoms with E-state index in [9.17, 15) is 23.1 Å². The van der Waals surface area contributed by atoms with Crippen LogP contribution in [-0.4, -0.2) is 86.3 Å². The summed E-state index contributed by atoms with van der Waals surface area (Å²) in [6.45, 7) is 8.43. The molecule has 4 rings (SSSR count). The minimum absolute atomic E-state index is 0.00970. The quantitative estimate of drug-likeness (QED) is 0.241. The molecule has 1 fully saturated rings. The van der Waals surface area contributed by atoms with Crippen molar-refractivity contribution >= 4 is 21.8 Å². The van der Waals surface area contributed by atoms with E-state index in [4.69, 9.17) is 9.47 Å². The van der Waals surface area contributed by atoms with Crippen molar-refractivity contribution in [2.45, 2.75) is 63.5 Å². The minimum atomic E-state index is -4.20. The molecule has 2 unspecified atom stereocenters. The van der Waals surface area contributed by atoms with Crippen molar-refractivity contribution in [1.29, 1.82) is 0 Å². The molecule has 0 radical (unpaired) electrons. The molecule has 0 aliphatic carbocycles. The third-order valence-electron chi connectivity index (χ3n) is 7.85. The van der Waals surface area contributed by atoms with Gasteiger partial charge in [0.1, 0.15) is 5.72 Å². The number of carbonyl (C=O) groups is 2. The monoisotopic (exact) mass is 630 g/mol. The zero-order valence-electron chi connectivity index (χ0n) is 26.0. The van der Waals surface area contributed by atoms with Gasteiger partial charge in [0.15, 0.2) is 11.5 Å². The fourth-order valence-corrected chi connectivity index (χ4v) is 7.41. The van der Waals surface area contributed by atoms with Gasteiger partial charge in [-0.15, -0.1) is 0 Å². The second-order valence-electron chi connectivity index (χ2n) is 12.3. The van der Waals surface area contributed by atoms with Crippen LogP contribution in [0.1, 0.15) is 52.0 Å². The van der Waals surface area contributed by atoms with E-state index in [0.29, 0.717) is 24.6 Å². The first-order valence-corrected chi connectivity index (χ1v) is 16.8. The summed E-state index contributed by atoms with van der Waals surface area (Å²) in [7, 11) is -4.20. The first kappa shape index (κ1) is 33.7. The van der Waals surface area contributed by atoms with Gasteiger partial charge in [0.25, 0.3) is 0 Å². The van der Waals surface area contributed by atoms with Gasteiger partial charge in [0, 0.05) is 45.0 Å². The molecule has 0 bridgehead atoms. The highest BCUT2D eigenvalue weighted by atomic mass is 32.2. The number of hydrogen-bond donors (Lipinski definition) is 3. The van der Waals surface area contributed by atoms with E-state index < -0.39 is 15.7 Å².